The molecule has 4 aromatic rings. The molecule has 0 saturated carbocycles. The smallest absolute Gasteiger partial charge is 0.336 e. The summed E-state index contributed by atoms with van der Waals surface area (Å²) in [6, 6.07) is 25.6. The molecular formula is C23H19N7O2. The number of carboxylic acids is 1. The number of nitrogens with one attached hydrogen (secondary N) is 3. The Kier molecular flexibility index (Phi) is 6.28. The molecule has 0 atom stereocenters. The van der Waals surface area contributed by atoms with Gasteiger partial charge in [0.1, 0.15) is 0 Å². The lowest BCUT2D eigenvalue weighted by Gasteiger charge is -2.10. The lowest BCUT2D eigenvalue weighted by molar-refractivity contribution is 0.0696. The Morgan fingerprint density at radius 2 is 1.22 bits per heavy atom. The second-order valence-corrected chi connectivity index (χ2v) is 6.55. The zero-order chi connectivity index (χ0) is 22.2. The van der Waals surface area contributed by atoms with Crippen molar-refractivity contribution < 1.29 is 9.90 Å². The molecule has 32 heavy (non-hydrogen) atoms. The maximum atomic E-state index is 11.4. The monoisotopic (exact) mass is 425 g/mol. The molecule has 0 radical (unpaired) electrons. The molecule has 0 bridgehead atoms. The van der Waals surface area contributed by atoms with E-state index in [-0.39, 0.29) is 11.5 Å². The summed E-state index contributed by atoms with van der Waals surface area (Å²) in [5.74, 6) is -0.224. The zero-order valence-corrected chi connectivity index (χ0v) is 16.8. The van der Waals surface area contributed by atoms with Gasteiger partial charge in [-0.3, -0.25) is 0 Å². The van der Waals surface area contributed by atoms with Gasteiger partial charge in [-0.2, -0.15) is 20.1 Å². The largest absolute Gasteiger partial charge is 0.478 e. The summed E-state index contributed by atoms with van der Waals surface area (Å²) in [5.41, 5.74) is 4.97. The molecule has 3 aromatic carbocycles. The van der Waals surface area contributed by atoms with Gasteiger partial charge >= 0.3 is 5.97 Å². The molecule has 0 amide bonds. The van der Waals surface area contributed by atoms with E-state index in [9.17, 15) is 9.90 Å². The average molecular weight is 425 g/mol. The Labute approximate surface area is 183 Å². The minimum atomic E-state index is -1.03. The number of nitrogens with zero attached hydrogens (tertiary/aromatic N) is 4. The molecular weight excluding hydrogens is 406 g/mol. The van der Waals surface area contributed by atoms with Gasteiger partial charge in [0.2, 0.25) is 17.8 Å². The predicted octanol–water partition coefficient (Wildman–Crippen LogP) is 4.50. The number of benzene rings is 3. The van der Waals surface area contributed by atoms with E-state index in [1.54, 1.807) is 18.2 Å². The van der Waals surface area contributed by atoms with Gasteiger partial charge in [0.25, 0.3) is 0 Å². The fraction of sp³-hybridized carbons (Fsp3) is 0. The molecule has 0 aliphatic heterocycles. The maximum Gasteiger partial charge on any atom is 0.336 e. The first-order chi connectivity index (χ1) is 15.7. The van der Waals surface area contributed by atoms with Crippen molar-refractivity contribution in [2.45, 2.75) is 0 Å². The molecule has 9 nitrogen and oxygen atoms in total. The van der Waals surface area contributed by atoms with Gasteiger partial charge in [0.05, 0.1) is 11.8 Å². The van der Waals surface area contributed by atoms with Crippen molar-refractivity contribution in [1.29, 1.82) is 0 Å². The van der Waals surface area contributed by atoms with Crippen molar-refractivity contribution >= 4 is 41.4 Å². The number of aromatic carboxylic acids is 1. The van der Waals surface area contributed by atoms with Gasteiger partial charge in [0, 0.05) is 16.9 Å². The second kappa shape index (κ2) is 9.81. The number of hydrogen-bond donors (Lipinski definition) is 4. The standard InChI is InChI=1S/C23H19N7O2/c31-20(32)19-14-8-7-9-16(19)15-24-30-23-28-21(25-17-10-3-1-4-11-17)27-22(29-23)26-18-12-5-2-6-13-18/h1-15H,(H,31,32)(H3,25,26,27,28,29,30). The fourth-order valence-corrected chi connectivity index (χ4v) is 2.80. The molecule has 158 valence electrons. The van der Waals surface area contributed by atoms with Crippen LogP contribution in [0.1, 0.15) is 15.9 Å². The van der Waals surface area contributed by atoms with Crippen LogP contribution < -0.4 is 16.1 Å². The van der Waals surface area contributed by atoms with E-state index in [1.807, 2.05) is 60.7 Å². The van der Waals surface area contributed by atoms with Gasteiger partial charge in [-0.25, -0.2) is 10.2 Å². The van der Waals surface area contributed by atoms with Crippen molar-refractivity contribution in [2.75, 3.05) is 16.1 Å². The van der Waals surface area contributed by atoms with Crippen LogP contribution in [0.2, 0.25) is 0 Å². The highest BCUT2D eigenvalue weighted by molar-refractivity contribution is 5.98. The van der Waals surface area contributed by atoms with E-state index in [2.05, 4.69) is 36.1 Å². The van der Waals surface area contributed by atoms with Crippen molar-refractivity contribution in [2.24, 2.45) is 5.10 Å². The Balaban J connectivity index is 1.59. The van der Waals surface area contributed by atoms with Crippen LogP contribution in [0.4, 0.5) is 29.2 Å². The van der Waals surface area contributed by atoms with E-state index in [0.29, 0.717) is 17.5 Å². The topological polar surface area (TPSA) is 124 Å². The van der Waals surface area contributed by atoms with E-state index >= 15 is 0 Å². The number of hydrazone groups is 1. The summed E-state index contributed by atoms with van der Waals surface area (Å²) >= 11 is 0. The number of carbonyl (C=O) groups is 1. The third kappa shape index (κ3) is 5.42. The third-order valence-electron chi connectivity index (χ3n) is 4.25. The Morgan fingerprint density at radius 1 is 0.719 bits per heavy atom. The highest BCUT2D eigenvalue weighted by Crippen LogP contribution is 2.18. The first-order valence-electron chi connectivity index (χ1n) is 9.69. The first-order valence-corrected chi connectivity index (χ1v) is 9.69. The molecule has 0 spiro atoms. The van der Waals surface area contributed by atoms with E-state index in [1.165, 1.54) is 12.3 Å². The predicted molar refractivity (Wildman–Crippen MR) is 124 cm³/mol. The number of rotatable bonds is 8. The molecule has 0 aliphatic carbocycles. The Morgan fingerprint density at radius 3 is 1.78 bits per heavy atom. The molecule has 1 aromatic heterocycles. The number of carboxylic acid groups (broad SMARTS) is 1. The van der Waals surface area contributed by atoms with Crippen LogP contribution in [0, 0.1) is 0 Å². The zero-order valence-electron chi connectivity index (χ0n) is 16.8. The van der Waals surface area contributed by atoms with Crippen LogP contribution in [0.5, 0.6) is 0 Å². The van der Waals surface area contributed by atoms with Gasteiger partial charge < -0.3 is 15.7 Å². The highest BCUT2D eigenvalue weighted by Gasteiger charge is 2.09. The molecule has 0 saturated heterocycles. The SMILES string of the molecule is O=C(O)c1ccccc1C=NNc1nc(Nc2ccccc2)nc(Nc2ccccc2)n1. The van der Waals surface area contributed by atoms with Crippen molar-refractivity contribution in [1.82, 2.24) is 15.0 Å². The minimum absolute atomic E-state index is 0.145. The van der Waals surface area contributed by atoms with Crippen LogP contribution in [0.25, 0.3) is 0 Å². The lowest BCUT2D eigenvalue weighted by Crippen LogP contribution is -2.07. The van der Waals surface area contributed by atoms with E-state index < -0.39 is 5.97 Å². The van der Waals surface area contributed by atoms with Gasteiger partial charge in [0.15, 0.2) is 0 Å². The molecule has 4 rings (SSSR count). The summed E-state index contributed by atoms with van der Waals surface area (Å²) < 4.78 is 0. The number of hydrogen-bond acceptors (Lipinski definition) is 8. The van der Waals surface area contributed by atoms with Crippen LogP contribution >= 0.6 is 0 Å². The van der Waals surface area contributed by atoms with Crippen LogP contribution in [0.3, 0.4) is 0 Å². The summed E-state index contributed by atoms with van der Waals surface area (Å²) in [6.07, 6.45) is 1.40. The molecule has 0 fully saturated rings. The molecule has 1 heterocycles. The minimum Gasteiger partial charge on any atom is -0.478 e. The fourth-order valence-electron chi connectivity index (χ4n) is 2.80. The third-order valence-corrected chi connectivity index (χ3v) is 4.25. The van der Waals surface area contributed by atoms with Crippen molar-refractivity contribution in [3.8, 4) is 0 Å². The quantitative estimate of drug-likeness (QED) is 0.240. The summed E-state index contributed by atoms with van der Waals surface area (Å²) in [6.45, 7) is 0. The molecule has 0 aliphatic rings. The normalized spacial score (nSPS) is 10.6. The van der Waals surface area contributed by atoms with Crippen LogP contribution in [-0.2, 0) is 0 Å². The number of aromatic nitrogens is 3. The summed E-state index contributed by atoms with van der Waals surface area (Å²) in [4.78, 5) is 24.5. The van der Waals surface area contributed by atoms with E-state index in [0.717, 1.165) is 11.4 Å². The van der Waals surface area contributed by atoms with Gasteiger partial charge in [-0.05, 0) is 30.3 Å². The van der Waals surface area contributed by atoms with E-state index in [4.69, 9.17) is 0 Å². The Hall–Kier alpha value is -4.79. The Bertz CT molecular complexity index is 1170. The van der Waals surface area contributed by atoms with Crippen LogP contribution in [-0.4, -0.2) is 32.2 Å². The van der Waals surface area contributed by atoms with Gasteiger partial charge in [-0.1, -0.05) is 54.6 Å². The highest BCUT2D eigenvalue weighted by atomic mass is 16.4. The first kappa shape index (κ1) is 20.5. The molecule has 0 unspecified atom stereocenters. The molecule has 4 N–H and O–H groups in total. The maximum absolute atomic E-state index is 11.4. The van der Waals surface area contributed by atoms with Gasteiger partial charge in [-0.15, -0.1) is 0 Å². The van der Waals surface area contributed by atoms with Crippen molar-refractivity contribution in [3.63, 3.8) is 0 Å². The summed E-state index contributed by atoms with van der Waals surface area (Å²) in [7, 11) is 0. The second-order valence-electron chi connectivity index (χ2n) is 6.55. The number of para-hydroxylation sites is 2. The summed E-state index contributed by atoms with van der Waals surface area (Å²) in [5, 5.41) is 19.7. The number of anilines is 5. The lowest BCUT2D eigenvalue weighted by atomic mass is 10.1. The van der Waals surface area contributed by atoms with Crippen molar-refractivity contribution in [3.05, 3.63) is 96.1 Å². The molecule has 9 heteroatoms. The average Bonchev–Trinajstić information content (AvgIpc) is 2.80. The van der Waals surface area contributed by atoms with Crippen LogP contribution in [0.15, 0.2) is 90.0 Å².